The van der Waals surface area contributed by atoms with Crippen molar-refractivity contribution in [2.24, 2.45) is 0 Å². The lowest BCUT2D eigenvalue weighted by atomic mass is 9.88. The molecule has 0 aromatic heterocycles. The zero-order valence-electron chi connectivity index (χ0n) is 7.32. The lowest BCUT2D eigenvalue weighted by molar-refractivity contribution is -0.0609. The van der Waals surface area contributed by atoms with Crippen LogP contribution < -0.4 is 0 Å². The van der Waals surface area contributed by atoms with Gasteiger partial charge in [-0.05, 0) is 12.6 Å². The topological polar surface area (TPSA) is 26.7 Å². The van der Waals surface area contributed by atoms with E-state index in [4.69, 9.17) is 5.11 Å². The van der Waals surface area contributed by atoms with Crippen molar-refractivity contribution >= 4 is 0 Å². The fourth-order valence-corrected chi connectivity index (χ4v) is 2.35. The Kier molecular flexibility index (Phi) is 2.07. The second kappa shape index (κ2) is 3.07. The number of nitrogens with zero attached hydrogens (tertiary/aromatic N) is 2. The monoisotopic (exact) mass is 168 g/mol. The van der Waals surface area contributed by atoms with E-state index in [0.29, 0.717) is 18.7 Å². The van der Waals surface area contributed by atoms with Gasteiger partial charge in [0.25, 0.3) is 0 Å². The van der Waals surface area contributed by atoms with Gasteiger partial charge < -0.3 is 10.0 Å². The molecular formula is C9H16N2O. The van der Waals surface area contributed by atoms with Gasteiger partial charge in [0, 0.05) is 31.7 Å². The van der Waals surface area contributed by atoms with Gasteiger partial charge in [-0.3, -0.25) is 4.90 Å². The summed E-state index contributed by atoms with van der Waals surface area (Å²) < 4.78 is 0. The summed E-state index contributed by atoms with van der Waals surface area (Å²) in [5, 5.41) is 8.80. The molecule has 2 unspecified atom stereocenters. The Balaban J connectivity index is 1.89. The minimum atomic E-state index is 0.293. The SMILES string of the molecule is C=CN1CC2CC(C1)N2CCO. The van der Waals surface area contributed by atoms with Gasteiger partial charge in [-0.2, -0.15) is 0 Å². The minimum Gasteiger partial charge on any atom is -0.395 e. The average molecular weight is 168 g/mol. The van der Waals surface area contributed by atoms with Crippen LogP contribution >= 0.6 is 0 Å². The van der Waals surface area contributed by atoms with Crippen LogP contribution in [0.3, 0.4) is 0 Å². The van der Waals surface area contributed by atoms with Gasteiger partial charge in [-0.1, -0.05) is 6.58 Å². The van der Waals surface area contributed by atoms with Crippen LogP contribution in [0.25, 0.3) is 0 Å². The van der Waals surface area contributed by atoms with Gasteiger partial charge in [0.1, 0.15) is 0 Å². The first kappa shape index (κ1) is 8.08. The molecule has 3 nitrogen and oxygen atoms in total. The van der Waals surface area contributed by atoms with Crippen molar-refractivity contribution in [3.8, 4) is 0 Å². The number of aliphatic hydroxyl groups excluding tert-OH is 1. The van der Waals surface area contributed by atoms with E-state index >= 15 is 0 Å². The Labute approximate surface area is 73.3 Å². The van der Waals surface area contributed by atoms with E-state index < -0.39 is 0 Å². The predicted octanol–water partition coefficient (Wildman–Crippen LogP) is -0.119. The van der Waals surface area contributed by atoms with Crippen molar-refractivity contribution in [1.82, 2.24) is 9.80 Å². The van der Waals surface area contributed by atoms with Crippen molar-refractivity contribution in [1.29, 1.82) is 0 Å². The first-order valence-electron chi connectivity index (χ1n) is 4.58. The van der Waals surface area contributed by atoms with Crippen LogP contribution in [0.5, 0.6) is 0 Å². The van der Waals surface area contributed by atoms with Gasteiger partial charge in [0.2, 0.25) is 0 Å². The maximum atomic E-state index is 8.80. The largest absolute Gasteiger partial charge is 0.395 e. The first-order valence-corrected chi connectivity index (χ1v) is 4.58. The third kappa shape index (κ3) is 1.13. The van der Waals surface area contributed by atoms with Gasteiger partial charge in [0.15, 0.2) is 0 Å². The lowest BCUT2D eigenvalue weighted by Gasteiger charge is -2.56. The number of aliphatic hydroxyl groups is 1. The molecule has 0 aromatic rings. The summed E-state index contributed by atoms with van der Waals surface area (Å²) in [5.74, 6) is 0. The third-order valence-corrected chi connectivity index (χ3v) is 2.99. The molecule has 3 aliphatic rings. The highest BCUT2D eigenvalue weighted by Crippen LogP contribution is 2.31. The summed E-state index contributed by atoms with van der Waals surface area (Å²) in [6.45, 7) is 7.10. The van der Waals surface area contributed by atoms with Crippen molar-refractivity contribution in [2.75, 3.05) is 26.2 Å². The highest BCUT2D eigenvalue weighted by Gasteiger charge is 2.42. The Bertz CT molecular complexity index is 171. The highest BCUT2D eigenvalue weighted by atomic mass is 16.3. The van der Waals surface area contributed by atoms with Crippen LogP contribution in [0, 0.1) is 0 Å². The summed E-state index contributed by atoms with van der Waals surface area (Å²) in [6, 6.07) is 1.35. The smallest absolute Gasteiger partial charge is 0.0558 e. The van der Waals surface area contributed by atoms with Gasteiger partial charge in [-0.25, -0.2) is 0 Å². The standard InChI is InChI=1S/C9H16N2O/c1-2-10-6-8-5-9(7-10)11(8)3-4-12/h2,8-9,12H,1,3-7H2. The highest BCUT2D eigenvalue weighted by molar-refractivity contribution is 5.02. The summed E-state index contributed by atoms with van der Waals surface area (Å²) in [7, 11) is 0. The first-order chi connectivity index (χ1) is 5.85. The van der Waals surface area contributed by atoms with E-state index in [1.54, 1.807) is 0 Å². The summed E-state index contributed by atoms with van der Waals surface area (Å²) in [5.41, 5.74) is 0. The van der Waals surface area contributed by atoms with E-state index in [1.807, 2.05) is 6.20 Å². The molecular weight excluding hydrogens is 152 g/mol. The predicted molar refractivity (Wildman–Crippen MR) is 47.8 cm³/mol. The molecule has 3 saturated heterocycles. The second-order valence-electron chi connectivity index (χ2n) is 3.64. The number of hydrogen-bond acceptors (Lipinski definition) is 3. The number of hydrogen-bond donors (Lipinski definition) is 1. The quantitative estimate of drug-likeness (QED) is 0.636. The molecule has 0 radical (unpaired) electrons. The molecule has 0 aromatic carbocycles. The average Bonchev–Trinajstić information content (AvgIpc) is 2.14. The van der Waals surface area contributed by atoms with E-state index in [0.717, 1.165) is 19.6 Å². The van der Waals surface area contributed by atoms with Crippen LogP contribution in [0.15, 0.2) is 12.8 Å². The normalized spacial score (nSPS) is 34.6. The van der Waals surface area contributed by atoms with Gasteiger partial charge in [0.05, 0.1) is 6.61 Å². The molecule has 3 rings (SSSR count). The molecule has 3 fully saturated rings. The molecule has 2 atom stereocenters. The van der Waals surface area contributed by atoms with Crippen molar-refractivity contribution in [3.05, 3.63) is 12.8 Å². The molecule has 2 bridgehead atoms. The molecule has 3 heterocycles. The van der Waals surface area contributed by atoms with E-state index in [1.165, 1.54) is 6.42 Å². The summed E-state index contributed by atoms with van der Waals surface area (Å²) >= 11 is 0. The number of piperidine rings is 1. The van der Waals surface area contributed by atoms with Crippen molar-refractivity contribution in [3.63, 3.8) is 0 Å². The number of fused-ring (bicyclic) bond motifs is 2. The van der Waals surface area contributed by atoms with E-state index in [9.17, 15) is 0 Å². The molecule has 0 amide bonds. The number of rotatable bonds is 3. The molecule has 68 valence electrons. The lowest BCUT2D eigenvalue weighted by Crippen LogP contribution is -2.67. The molecule has 12 heavy (non-hydrogen) atoms. The Morgan fingerprint density at radius 2 is 2.08 bits per heavy atom. The van der Waals surface area contributed by atoms with Crippen molar-refractivity contribution < 1.29 is 5.11 Å². The number of piperazine rings is 1. The van der Waals surface area contributed by atoms with Gasteiger partial charge in [-0.15, -0.1) is 0 Å². The van der Waals surface area contributed by atoms with Gasteiger partial charge >= 0.3 is 0 Å². The molecule has 3 aliphatic heterocycles. The molecule has 3 heteroatoms. The van der Waals surface area contributed by atoms with Crippen molar-refractivity contribution in [2.45, 2.75) is 18.5 Å². The van der Waals surface area contributed by atoms with Crippen LogP contribution in [-0.4, -0.2) is 53.2 Å². The molecule has 0 aliphatic carbocycles. The molecule has 0 saturated carbocycles. The second-order valence-corrected chi connectivity index (χ2v) is 3.64. The maximum Gasteiger partial charge on any atom is 0.0558 e. The Morgan fingerprint density at radius 3 is 2.58 bits per heavy atom. The summed E-state index contributed by atoms with van der Waals surface area (Å²) in [4.78, 5) is 4.67. The zero-order chi connectivity index (χ0) is 8.55. The fraction of sp³-hybridized carbons (Fsp3) is 0.778. The Morgan fingerprint density at radius 1 is 1.42 bits per heavy atom. The van der Waals surface area contributed by atoms with Crippen LogP contribution in [-0.2, 0) is 0 Å². The molecule has 0 spiro atoms. The maximum absolute atomic E-state index is 8.80. The van der Waals surface area contributed by atoms with Crippen LogP contribution in [0.1, 0.15) is 6.42 Å². The van der Waals surface area contributed by atoms with E-state index in [2.05, 4.69) is 16.4 Å². The molecule has 1 N–H and O–H groups in total. The summed E-state index contributed by atoms with van der Waals surface area (Å²) in [6.07, 6.45) is 3.24. The van der Waals surface area contributed by atoms with Crippen LogP contribution in [0.4, 0.5) is 0 Å². The van der Waals surface area contributed by atoms with Crippen LogP contribution in [0.2, 0.25) is 0 Å². The zero-order valence-corrected chi connectivity index (χ0v) is 7.32. The van der Waals surface area contributed by atoms with E-state index in [-0.39, 0.29) is 0 Å². The minimum absolute atomic E-state index is 0.293. The third-order valence-electron chi connectivity index (χ3n) is 2.99. The Hall–Kier alpha value is -0.540. The fourth-order valence-electron chi connectivity index (χ4n) is 2.35.